The third-order valence-electron chi connectivity index (χ3n) is 4.37. The van der Waals surface area contributed by atoms with Gasteiger partial charge in [-0.05, 0) is 37.4 Å². The molecule has 2 aromatic rings. The molecule has 1 fully saturated rings. The Bertz CT molecular complexity index is 578. The van der Waals surface area contributed by atoms with Crippen molar-refractivity contribution in [1.29, 1.82) is 0 Å². The lowest BCUT2D eigenvalue weighted by Gasteiger charge is -2.29. The monoisotopic (exact) mass is 315 g/mol. The first-order valence-electron chi connectivity index (χ1n) is 8.55. The third-order valence-corrected chi connectivity index (χ3v) is 4.37. The first-order valence-corrected chi connectivity index (χ1v) is 8.55. The van der Waals surface area contributed by atoms with E-state index in [0.717, 1.165) is 51.0 Å². The average Bonchev–Trinajstić information content (AvgIpc) is 3.06. The number of aromatic nitrogens is 4. The van der Waals surface area contributed by atoms with Crippen molar-refractivity contribution in [1.82, 2.24) is 25.1 Å². The van der Waals surface area contributed by atoms with Crippen LogP contribution in [0.25, 0.3) is 11.4 Å². The van der Waals surface area contributed by atoms with Gasteiger partial charge in [0.25, 0.3) is 0 Å². The molecule has 1 aliphatic heterocycles. The lowest BCUT2D eigenvalue weighted by atomic mass is 10.1. The lowest BCUT2D eigenvalue weighted by molar-refractivity contribution is 0.0817. The van der Waals surface area contributed by atoms with Crippen LogP contribution >= 0.6 is 0 Å². The lowest BCUT2D eigenvalue weighted by Crippen LogP contribution is -2.36. The highest BCUT2D eigenvalue weighted by Crippen LogP contribution is 2.13. The van der Waals surface area contributed by atoms with E-state index in [0.29, 0.717) is 5.82 Å². The Kier molecular flexibility index (Phi) is 5.71. The van der Waals surface area contributed by atoms with Crippen LogP contribution in [0.3, 0.4) is 0 Å². The fourth-order valence-electron chi connectivity index (χ4n) is 2.95. The van der Waals surface area contributed by atoms with Crippen LogP contribution in [0, 0.1) is 0 Å². The quantitative estimate of drug-likeness (QED) is 0.791. The molecule has 0 spiro atoms. The van der Waals surface area contributed by atoms with Crippen LogP contribution in [0.5, 0.6) is 0 Å². The first kappa shape index (κ1) is 16.1. The highest BCUT2D eigenvalue weighted by molar-refractivity contribution is 5.52. The second kappa shape index (κ2) is 8.17. The molecule has 23 heavy (non-hydrogen) atoms. The van der Waals surface area contributed by atoms with E-state index in [2.05, 4.69) is 20.3 Å². The van der Waals surface area contributed by atoms with E-state index in [9.17, 15) is 5.11 Å². The molecule has 3 rings (SSSR count). The molecular formula is C17H25N5O. The van der Waals surface area contributed by atoms with E-state index in [1.807, 2.05) is 30.3 Å². The summed E-state index contributed by atoms with van der Waals surface area (Å²) >= 11 is 0. The summed E-state index contributed by atoms with van der Waals surface area (Å²) in [6, 6.07) is 9.94. The van der Waals surface area contributed by atoms with Gasteiger partial charge in [0.15, 0.2) is 0 Å². The van der Waals surface area contributed by atoms with Gasteiger partial charge in [0, 0.05) is 18.7 Å². The van der Waals surface area contributed by atoms with Crippen LogP contribution in [0.2, 0.25) is 0 Å². The number of piperidine rings is 1. The number of hydrogen-bond donors (Lipinski definition) is 1. The number of aryl methyl sites for hydroxylation is 1. The smallest absolute Gasteiger partial charge is 0.204 e. The highest BCUT2D eigenvalue weighted by atomic mass is 16.3. The van der Waals surface area contributed by atoms with Crippen molar-refractivity contribution in [3.05, 3.63) is 30.3 Å². The molecular weight excluding hydrogens is 290 g/mol. The van der Waals surface area contributed by atoms with Crippen molar-refractivity contribution >= 4 is 0 Å². The van der Waals surface area contributed by atoms with Crippen molar-refractivity contribution < 1.29 is 5.11 Å². The molecule has 0 saturated carbocycles. The van der Waals surface area contributed by atoms with Gasteiger partial charge in [0.1, 0.15) is 0 Å². The van der Waals surface area contributed by atoms with Crippen molar-refractivity contribution in [2.75, 3.05) is 19.6 Å². The maximum atomic E-state index is 9.50. The number of likely N-dealkylation sites (tertiary alicyclic amines) is 1. The minimum atomic E-state index is -0.0801. The van der Waals surface area contributed by atoms with Gasteiger partial charge in [0.05, 0.1) is 12.6 Å². The summed E-state index contributed by atoms with van der Waals surface area (Å²) in [5, 5.41) is 22.2. The normalized spacial score (nSPS) is 16.7. The summed E-state index contributed by atoms with van der Waals surface area (Å²) in [7, 11) is 0. The summed E-state index contributed by atoms with van der Waals surface area (Å²) in [5.41, 5.74) is 1.01. The Morgan fingerprint density at radius 1 is 1.00 bits per heavy atom. The van der Waals surface area contributed by atoms with Gasteiger partial charge in [0.2, 0.25) is 5.82 Å². The standard InChI is InChI=1S/C17H25N5O/c23-16-9-13-21(14-10-16)11-5-2-6-12-22-19-17(18-20-22)15-7-3-1-4-8-15/h1,3-4,7-8,16,23H,2,5-6,9-14H2. The molecule has 0 atom stereocenters. The molecule has 0 amide bonds. The Morgan fingerprint density at radius 2 is 1.74 bits per heavy atom. The molecule has 6 heteroatoms. The number of benzene rings is 1. The Hall–Kier alpha value is -1.79. The fraction of sp³-hybridized carbons (Fsp3) is 0.588. The van der Waals surface area contributed by atoms with Crippen LogP contribution in [0.1, 0.15) is 32.1 Å². The zero-order valence-electron chi connectivity index (χ0n) is 13.5. The largest absolute Gasteiger partial charge is 0.393 e. The zero-order valence-corrected chi connectivity index (χ0v) is 13.5. The third kappa shape index (κ3) is 4.84. The molecule has 6 nitrogen and oxygen atoms in total. The fourth-order valence-corrected chi connectivity index (χ4v) is 2.95. The second-order valence-corrected chi connectivity index (χ2v) is 6.21. The van der Waals surface area contributed by atoms with Crippen molar-refractivity contribution in [3.63, 3.8) is 0 Å². The average molecular weight is 315 g/mol. The first-order chi connectivity index (χ1) is 11.3. The minimum absolute atomic E-state index is 0.0801. The van der Waals surface area contributed by atoms with Crippen molar-refractivity contribution in [3.8, 4) is 11.4 Å². The molecule has 2 heterocycles. The number of unbranched alkanes of at least 4 members (excludes halogenated alkanes) is 2. The Morgan fingerprint density at radius 3 is 2.52 bits per heavy atom. The van der Waals surface area contributed by atoms with Crippen molar-refractivity contribution in [2.45, 2.75) is 44.8 Å². The van der Waals surface area contributed by atoms with Crippen LogP contribution in [-0.2, 0) is 6.54 Å². The van der Waals surface area contributed by atoms with Crippen molar-refractivity contribution in [2.24, 2.45) is 0 Å². The summed E-state index contributed by atoms with van der Waals surface area (Å²) in [6.45, 7) is 4.02. The van der Waals surface area contributed by atoms with Gasteiger partial charge >= 0.3 is 0 Å². The second-order valence-electron chi connectivity index (χ2n) is 6.21. The minimum Gasteiger partial charge on any atom is -0.393 e. The van der Waals surface area contributed by atoms with Crippen LogP contribution in [0.15, 0.2) is 30.3 Å². The van der Waals surface area contributed by atoms with E-state index in [-0.39, 0.29) is 6.10 Å². The number of nitrogens with zero attached hydrogens (tertiary/aromatic N) is 5. The molecule has 124 valence electrons. The SMILES string of the molecule is OC1CCN(CCCCCn2nnc(-c3ccccc3)n2)CC1. The number of hydrogen-bond acceptors (Lipinski definition) is 5. The molecule has 1 aromatic carbocycles. The molecule has 1 aromatic heterocycles. The van der Waals surface area contributed by atoms with Gasteiger partial charge in [-0.1, -0.05) is 36.8 Å². The summed E-state index contributed by atoms with van der Waals surface area (Å²) in [5.74, 6) is 0.692. The highest BCUT2D eigenvalue weighted by Gasteiger charge is 2.15. The molecule has 0 aliphatic carbocycles. The zero-order chi connectivity index (χ0) is 15.9. The van der Waals surface area contributed by atoms with Gasteiger partial charge in [-0.15, -0.1) is 10.2 Å². The number of rotatable bonds is 7. The van der Waals surface area contributed by atoms with E-state index < -0.39 is 0 Å². The van der Waals surface area contributed by atoms with E-state index >= 15 is 0 Å². The number of aliphatic hydroxyl groups is 1. The van der Waals surface area contributed by atoms with Gasteiger partial charge < -0.3 is 10.0 Å². The van der Waals surface area contributed by atoms with E-state index in [4.69, 9.17) is 0 Å². The van der Waals surface area contributed by atoms with Crippen LogP contribution < -0.4 is 0 Å². The summed E-state index contributed by atoms with van der Waals surface area (Å²) in [4.78, 5) is 4.15. The molecule has 0 radical (unpaired) electrons. The maximum Gasteiger partial charge on any atom is 0.204 e. The summed E-state index contributed by atoms with van der Waals surface area (Å²) < 4.78 is 0. The van der Waals surface area contributed by atoms with Gasteiger partial charge in [-0.3, -0.25) is 0 Å². The number of aliphatic hydroxyl groups excluding tert-OH is 1. The van der Waals surface area contributed by atoms with Crippen LogP contribution in [-0.4, -0.2) is 56.0 Å². The Labute approximate surface area is 137 Å². The van der Waals surface area contributed by atoms with Gasteiger partial charge in [-0.25, -0.2) is 0 Å². The molecule has 1 saturated heterocycles. The molecule has 1 aliphatic rings. The van der Waals surface area contributed by atoms with E-state index in [1.54, 1.807) is 4.80 Å². The predicted molar refractivity (Wildman–Crippen MR) is 88.8 cm³/mol. The molecule has 0 unspecified atom stereocenters. The molecule has 1 N–H and O–H groups in total. The van der Waals surface area contributed by atoms with Crippen LogP contribution in [0.4, 0.5) is 0 Å². The Balaban J connectivity index is 1.34. The predicted octanol–water partition coefficient (Wildman–Crippen LogP) is 1.97. The summed E-state index contributed by atoms with van der Waals surface area (Å²) in [6.07, 6.45) is 5.19. The van der Waals surface area contributed by atoms with E-state index in [1.165, 1.54) is 12.8 Å². The van der Waals surface area contributed by atoms with Gasteiger partial charge in [-0.2, -0.15) is 4.80 Å². The molecule has 0 bridgehead atoms. The topological polar surface area (TPSA) is 67.1 Å². The number of tetrazole rings is 1. The maximum absolute atomic E-state index is 9.50.